The molecule has 0 spiro atoms. The van der Waals surface area contributed by atoms with Crippen LogP contribution in [0.15, 0.2) is 18.2 Å². The van der Waals surface area contributed by atoms with Crippen molar-refractivity contribution in [2.75, 3.05) is 12.9 Å². The first-order valence-electron chi connectivity index (χ1n) is 4.02. The number of hydrogen-bond acceptors (Lipinski definition) is 2. The minimum absolute atomic E-state index is 0.861. The second-order valence-electron chi connectivity index (χ2n) is 2.79. The van der Waals surface area contributed by atoms with Gasteiger partial charge in [0, 0.05) is 0 Å². The summed E-state index contributed by atoms with van der Waals surface area (Å²) in [4.78, 5) is 0. The summed E-state index contributed by atoms with van der Waals surface area (Å²) < 4.78 is 5.24. The zero-order chi connectivity index (χ0) is 8.97. The van der Waals surface area contributed by atoms with E-state index in [4.69, 9.17) is 4.74 Å². The van der Waals surface area contributed by atoms with E-state index in [0.717, 1.165) is 17.9 Å². The van der Waals surface area contributed by atoms with Crippen LogP contribution >= 0.6 is 12.6 Å². The zero-order valence-corrected chi connectivity index (χ0v) is 8.40. The average Bonchev–Trinajstić information content (AvgIpc) is 2.08. The van der Waals surface area contributed by atoms with Gasteiger partial charge in [-0.2, -0.15) is 12.6 Å². The van der Waals surface area contributed by atoms with Crippen molar-refractivity contribution < 1.29 is 4.74 Å². The monoisotopic (exact) mass is 182 g/mol. The predicted molar refractivity (Wildman–Crippen MR) is 55.3 cm³/mol. The van der Waals surface area contributed by atoms with Gasteiger partial charge in [0.15, 0.2) is 0 Å². The average molecular weight is 182 g/mol. The number of hydrogen-bond donors (Lipinski definition) is 1. The van der Waals surface area contributed by atoms with Crippen LogP contribution in [-0.4, -0.2) is 12.9 Å². The molecule has 0 amide bonds. The number of thiol groups is 1. The molecule has 0 radical (unpaired) electrons. The van der Waals surface area contributed by atoms with E-state index in [-0.39, 0.29) is 0 Å². The number of aryl methyl sites for hydroxylation is 2. The SMILES string of the molecule is COc1cc(C)ccc1CCS. The standard InChI is InChI=1S/C10H14OS/c1-8-3-4-9(5-6-12)10(7-8)11-2/h3-4,7,12H,5-6H2,1-2H3. The molecule has 0 heterocycles. The minimum atomic E-state index is 0.861. The summed E-state index contributed by atoms with van der Waals surface area (Å²) in [6, 6.07) is 6.25. The smallest absolute Gasteiger partial charge is 0.122 e. The lowest BCUT2D eigenvalue weighted by Crippen LogP contribution is -1.93. The summed E-state index contributed by atoms with van der Waals surface area (Å²) in [7, 11) is 1.71. The molecule has 12 heavy (non-hydrogen) atoms. The largest absolute Gasteiger partial charge is 0.496 e. The highest BCUT2D eigenvalue weighted by molar-refractivity contribution is 7.80. The Labute approximate surface area is 79.2 Å². The Bertz CT molecular complexity index is 258. The molecule has 2 heteroatoms. The molecule has 0 saturated heterocycles. The Kier molecular flexibility index (Phi) is 3.48. The molecular weight excluding hydrogens is 168 g/mol. The van der Waals surface area contributed by atoms with Gasteiger partial charge in [-0.25, -0.2) is 0 Å². The van der Waals surface area contributed by atoms with Gasteiger partial charge in [-0.1, -0.05) is 12.1 Å². The van der Waals surface area contributed by atoms with E-state index in [1.165, 1.54) is 11.1 Å². The molecular formula is C10H14OS. The fraction of sp³-hybridized carbons (Fsp3) is 0.400. The summed E-state index contributed by atoms with van der Waals surface area (Å²) in [5.41, 5.74) is 2.47. The predicted octanol–water partition coefficient (Wildman–Crippen LogP) is 2.48. The first-order valence-corrected chi connectivity index (χ1v) is 4.65. The van der Waals surface area contributed by atoms with Crippen LogP contribution in [0, 0.1) is 6.92 Å². The Morgan fingerprint density at radius 3 is 2.75 bits per heavy atom. The number of ether oxygens (including phenoxy) is 1. The van der Waals surface area contributed by atoms with E-state index < -0.39 is 0 Å². The molecule has 66 valence electrons. The van der Waals surface area contributed by atoms with Crippen molar-refractivity contribution in [3.63, 3.8) is 0 Å². The Morgan fingerprint density at radius 2 is 2.17 bits per heavy atom. The van der Waals surface area contributed by atoms with Crippen LogP contribution in [0.25, 0.3) is 0 Å². The molecule has 0 aliphatic rings. The number of rotatable bonds is 3. The van der Waals surface area contributed by atoms with Crippen LogP contribution in [0.4, 0.5) is 0 Å². The summed E-state index contributed by atoms with van der Waals surface area (Å²) in [5, 5.41) is 0. The van der Waals surface area contributed by atoms with E-state index in [0.29, 0.717) is 0 Å². The normalized spacial score (nSPS) is 9.92. The number of methoxy groups -OCH3 is 1. The zero-order valence-electron chi connectivity index (χ0n) is 7.50. The summed E-state index contributed by atoms with van der Waals surface area (Å²) in [6.07, 6.45) is 0.965. The molecule has 1 nitrogen and oxygen atoms in total. The van der Waals surface area contributed by atoms with Crippen LogP contribution in [0.1, 0.15) is 11.1 Å². The fourth-order valence-electron chi connectivity index (χ4n) is 1.18. The molecule has 0 unspecified atom stereocenters. The lowest BCUT2D eigenvalue weighted by molar-refractivity contribution is 0.410. The van der Waals surface area contributed by atoms with Crippen molar-refractivity contribution >= 4 is 12.6 Å². The first kappa shape index (κ1) is 9.46. The molecule has 0 aromatic heterocycles. The Hall–Kier alpha value is -0.630. The highest BCUT2D eigenvalue weighted by atomic mass is 32.1. The van der Waals surface area contributed by atoms with Crippen molar-refractivity contribution in [3.05, 3.63) is 29.3 Å². The highest BCUT2D eigenvalue weighted by Crippen LogP contribution is 2.20. The van der Waals surface area contributed by atoms with E-state index in [1.54, 1.807) is 7.11 Å². The third-order valence-electron chi connectivity index (χ3n) is 1.82. The van der Waals surface area contributed by atoms with Crippen LogP contribution < -0.4 is 4.74 Å². The summed E-state index contributed by atoms with van der Waals surface area (Å²) in [6.45, 7) is 2.06. The van der Waals surface area contributed by atoms with Gasteiger partial charge in [0.25, 0.3) is 0 Å². The molecule has 0 N–H and O–H groups in total. The van der Waals surface area contributed by atoms with E-state index in [1.807, 2.05) is 0 Å². The van der Waals surface area contributed by atoms with Gasteiger partial charge >= 0.3 is 0 Å². The molecule has 0 atom stereocenters. The fourth-order valence-corrected chi connectivity index (χ4v) is 1.42. The van der Waals surface area contributed by atoms with Gasteiger partial charge < -0.3 is 4.74 Å². The Morgan fingerprint density at radius 1 is 1.42 bits per heavy atom. The van der Waals surface area contributed by atoms with Crippen LogP contribution in [0.2, 0.25) is 0 Å². The van der Waals surface area contributed by atoms with Crippen molar-refractivity contribution in [2.45, 2.75) is 13.3 Å². The third kappa shape index (κ3) is 2.18. The molecule has 0 fully saturated rings. The maximum Gasteiger partial charge on any atom is 0.122 e. The molecule has 1 rings (SSSR count). The maximum atomic E-state index is 5.24. The summed E-state index contributed by atoms with van der Waals surface area (Å²) >= 11 is 4.19. The van der Waals surface area contributed by atoms with Gasteiger partial charge in [-0.05, 0) is 36.3 Å². The first-order chi connectivity index (χ1) is 5.77. The molecule has 0 aliphatic carbocycles. The molecule has 1 aromatic rings. The van der Waals surface area contributed by atoms with Crippen molar-refractivity contribution in [1.82, 2.24) is 0 Å². The van der Waals surface area contributed by atoms with Gasteiger partial charge in [0.2, 0.25) is 0 Å². The van der Waals surface area contributed by atoms with Crippen LogP contribution in [-0.2, 0) is 6.42 Å². The van der Waals surface area contributed by atoms with Crippen LogP contribution in [0.5, 0.6) is 5.75 Å². The molecule has 0 aliphatic heterocycles. The van der Waals surface area contributed by atoms with E-state index >= 15 is 0 Å². The van der Waals surface area contributed by atoms with Crippen LogP contribution in [0.3, 0.4) is 0 Å². The maximum absolute atomic E-state index is 5.24. The van der Waals surface area contributed by atoms with Gasteiger partial charge in [-0.3, -0.25) is 0 Å². The lowest BCUT2D eigenvalue weighted by Gasteiger charge is -2.07. The highest BCUT2D eigenvalue weighted by Gasteiger charge is 2.00. The quantitative estimate of drug-likeness (QED) is 0.707. The molecule has 1 aromatic carbocycles. The van der Waals surface area contributed by atoms with E-state index in [9.17, 15) is 0 Å². The van der Waals surface area contributed by atoms with Gasteiger partial charge in [-0.15, -0.1) is 0 Å². The summed E-state index contributed by atoms with van der Waals surface area (Å²) in [5.74, 6) is 1.84. The van der Waals surface area contributed by atoms with Gasteiger partial charge in [0.05, 0.1) is 7.11 Å². The van der Waals surface area contributed by atoms with Crippen molar-refractivity contribution in [3.8, 4) is 5.75 Å². The van der Waals surface area contributed by atoms with E-state index in [2.05, 4.69) is 37.8 Å². The lowest BCUT2D eigenvalue weighted by atomic mass is 10.1. The number of benzene rings is 1. The Balaban J connectivity index is 2.94. The molecule has 0 saturated carbocycles. The van der Waals surface area contributed by atoms with Crippen molar-refractivity contribution in [2.24, 2.45) is 0 Å². The van der Waals surface area contributed by atoms with Crippen molar-refractivity contribution in [1.29, 1.82) is 0 Å². The minimum Gasteiger partial charge on any atom is -0.496 e. The molecule has 0 bridgehead atoms. The third-order valence-corrected chi connectivity index (χ3v) is 2.05. The second-order valence-corrected chi connectivity index (χ2v) is 3.24. The van der Waals surface area contributed by atoms with Gasteiger partial charge in [0.1, 0.15) is 5.75 Å². The topological polar surface area (TPSA) is 9.23 Å². The second kappa shape index (κ2) is 4.41.